The van der Waals surface area contributed by atoms with Crippen LogP contribution in [-0.2, 0) is 10.0 Å². The van der Waals surface area contributed by atoms with Crippen LogP contribution in [0.4, 0.5) is 0 Å². The summed E-state index contributed by atoms with van der Waals surface area (Å²) in [5, 5.41) is 0. The highest BCUT2D eigenvalue weighted by Crippen LogP contribution is 2.32. The van der Waals surface area contributed by atoms with Gasteiger partial charge in [-0.3, -0.25) is 0 Å². The van der Waals surface area contributed by atoms with Crippen LogP contribution in [0.2, 0.25) is 0 Å². The van der Waals surface area contributed by atoms with Gasteiger partial charge in [0.25, 0.3) is 10.0 Å². The van der Waals surface area contributed by atoms with Gasteiger partial charge in [-0.1, -0.05) is 30.3 Å². The lowest BCUT2D eigenvalue weighted by Gasteiger charge is -2.05. The first-order chi connectivity index (χ1) is 11.0. The normalized spacial score (nSPS) is 11.4. The van der Waals surface area contributed by atoms with Gasteiger partial charge >= 0.3 is 0 Å². The lowest BCUT2D eigenvalue weighted by molar-refractivity contribution is 0.415. The minimum absolute atomic E-state index is 0.254. The van der Waals surface area contributed by atoms with Crippen LogP contribution >= 0.6 is 15.9 Å². The summed E-state index contributed by atoms with van der Waals surface area (Å²) in [5.41, 5.74) is 1.70. The summed E-state index contributed by atoms with van der Waals surface area (Å²) in [5.74, 6) is 0.751. The van der Waals surface area contributed by atoms with Crippen LogP contribution in [0.15, 0.2) is 76.4 Å². The van der Waals surface area contributed by atoms with E-state index in [9.17, 15) is 8.42 Å². The molecule has 4 nitrogen and oxygen atoms in total. The fourth-order valence-electron chi connectivity index (χ4n) is 2.24. The lowest BCUT2D eigenvalue weighted by atomic mass is 10.1. The molecule has 0 bridgehead atoms. The maximum Gasteiger partial charge on any atom is 0.267 e. The predicted molar refractivity (Wildman–Crippen MR) is 93.1 cm³/mol. The number of hydrogen-bond acceptors (Lipinski definition) is 3. The van der Waals surface area contributed by atoms with Crippen molar-refractivity contribution in [3.8, 4) is 16.9 Å². The van der Waals surface area contributed by atoms with Crippen LogP contribution in [0, 0.1) is 0 Å². The summed E-state index contributed by atoms with van der Waals surface area (Å²) in [7, 11) is -1.99. The SMILES string of the molecule is COc1ccc(-c2cn(S(=O)(=O)c3ccccc3)cc2Br)cc1. The molecule has 1 heterocycles. The van der Waals surface area contributed by atoms with Gasteiger partial charge in [0, 0.05) is 22.4 Å². The highest BCUT2D eigenvalue weighted by molar-refractivity contribution is 9.10. The van der Waals surface area contributed by atoms with E-state index < -0.39 is 10.0 Å². The second kappa shape index (κ2) is 6.22. The van der Waals surface area contributed by atoms with E-state index in [1.54, 1.807) is 49.8 Å². The zero-order valence-electron chi connectivity index (χ0n) is 12.3. The Balaban J connectivity index is 2.04. The Hall–Kier alpha value is -2.05. The van der Waals surface area contributed by atoms with Gasteiger partial charge in [0.15, 0.2) is 0 Å². The van der Waals surface area contributed by atoms with E-state index in [-0.39, 0.29) is 4.90 Å². The van der Waals surface area contributed by atoms with Crippen LogP contribution in [0.1, 0.15) is 0 Å². The molecule has 23 heavy (non-hydrogen) atoms. The summed E-state index contributed by atoms with van der Waals surface area (Å²) >= 11 is 3.44. The molecule has 118 valence electrons. The molecule has 1 aromatic heterocycles. The van der Waals surface area contributed by atoms with Crippen molar-refractivity contribution in [3.05, 3.63) is 71.5 Å². The van der Waals surface area contributed by atoms with Crippen molar-refractivity contribution in [2.24, 2.45) is 0 Å². The van der Waals surface area contributed by atoms with Gasteiger partial charge in [-0.25, -0.2) is 12.4 Å². The van der Waals surface area contributed by atoms with Crippen LogP contribution in [-0.4, -0.2) is 19.5 Å². The molecule has 3 aromatic rings. The highest BCUT2D eigenvalue weighted by atomic mass is 79.9. The number of benzene rings is 2. The molecule has 0 unspecified atom stereocenters. The molecule has 0 aliphatic carbocycles. The summed E-state index contributed by atoms with van der Waals surface area (Å²) in [6.07, 6.45) is 3.16. The fraction of sp³-hybridized carbons (Fsp3) is 0.0588. The molecule has 0 radical (unpaired) electrons. The standard InChI is InChI=1S/C17H14BrNO3S/c1-22-14-9-7-13(8-10-14)16-11-19(12-17(16)18)23(20,21)15-5-3-2-4-6-15/h2-12H,1H3. The Labute approximate surface area is 143 Å². The van der Waals surface area contributed by atoms with E-state index in [1.165, 1.54) is 3.97 Å². The van der Waals surface area contributed by atoms with Gasteiger partial charge in [-0.15, -0.1) is 0 Å². The zero-order valence-corrected chi connectivity index (χ0v) is 14.7. The van der Waals surface area contributed by atoms with Crippen LogP contribution in [0.3, 0.4) is 0 Å². The molecule has 0 N–H and O–H groups in total. The molecular formula is C17H14BrNO3S. The van der Waals surface area contributed by atoms with E-state index in [0.29, 0.717) is 4.47 Å². The first kappa shape index (κ1) is 15.8. The molecule has 0 fully saturated rings. The maximum atomic E-state index is 12.7. The van der Waals surface area contributed by atoms with Gasteiger partial charge in [0.05, 0.1) is 12.0 Å². The quantitative estimate of drug-likeness (QED) is 0.670. The fourth-order valence-corrected chi connectivity index (χ4v) is 4.16. The van der Waals surface area contributed by atoms with Crippen molar-refractivity contribution < 1.29 is 13.2 Å². The van der Waals surface area contributed by atoms with Crippen molar-refractivity contribution in [1.29, 1.82) is 0 Å². The Bertz CT molecular complexity index is 916. The summed E-state index contributed by atoms with van der Waals surface area (Å²) < 4.78 is 32.4. The van der Waals surface area contributed by atoms with Crippen molar-refractivity contribution in [2.75, 3.05) is 7.11 Å². The van der Waals surface area contributed by atoms with Crippen molar-refractivity contribution in [2.45, 2.75) is 4.90 Å². The van der Waals surface area contributed by atoms with Gasteiger partial charge in [0.1, 0.15) is 5.75 Å². The number of methoxy groups -OCH3 is 1. The van der Waals surface area contributed by atoms with Gasteiger partial charge in [-0.2, -0.15) is 0 Å². The van der Waals surface area contributed by atoms with E-state index in [2.05, 4.69) is 15.9 Å². The maximum absolute atomic E-state index is 12.7. The van der Waals surface area contributed by atoms with Crippen LogP contribution in [0.25, 0.3) is 11.1 Å². The minimum Gasteiger partial charge on any atom is -0.497 e. The lowest BCUT2D eigenvalue weighted by Crippen LogP contribution is -2.10. The topological polar surface area (TPSA) is 48.3 Å². The zero-order chi connectivity index (χ0) is 16.4. The highest BCUT2D eigenvalue weighted by Gasteiger charge is 2.18. The van der Waals surface area contributed by atoms with Gasteiger partial charge in [-0.05, 0) is 45.8 Å². The summed E-state index contributed by atoms with van der Waals surface area (Å²) in [4.78, 5) is 0.254. The molecule has 2 aromatic carbocycles. The number of ether oxygens (including phenoxy) is 1. The first-order valence-corrected chi connectivity index (χ1v) is 9.08. The van der Waals surface area contributed by atoms with Gasteiger partial charge < -0.3 is 4.74 Å². The number of hydrogen-bond donors (Lipinski definition) is 0. The summed E-state index contributed by atoms with van der Waals surface area (Å²) in [6, 6.07) is 15.8. The molecule has 0 atom stereocenters. The molecular weight excluding hydrogens is 378 g/mol. The van der Waals surface area contributed by atoms with E-state index in [1.807, 2.05) is 24.3 Å². The minimum atomic E-state index is -3.60. The van der Waals surface area contributed by atoms with Crippen molar-refractivity contribution in [3.63, 3.8) is 0 Å². The third-order valence-electron chi connectivity index (χ3n) is 3.47. The molecule has 0 aliphatic rings. The molecule has 6 heteroatoms. The smallest absolute Gasteiger partial charge is 0.267 e. The average Bonchev–Trinajstić information content (AvgIpc) is 2.98. The van der Waals surface area contributed by atoms with Crippen molar-refractivity contribution >= 4 is 26.0 Å². The second-order valence-electron chi connectivity index (χ2n) is 4.90. The summed E-state index contributed by atoms with van der Waals surface area (Å²) in [6.45, 7) is 0. The molecule has 0 amide bonds. The number of aromatic nitrogens is 1. The first-order valence-electron chi connectivity index (χ1n) is 6.85. The van der Waals surface area contributed by atoms with E-state index in [0.717, 1.165) is 16.9 Å². The number of halogens is 1. The largest absolute Gasteiger partial charge is 0.497 e. The second-order valence-corrected chi connectivity index (χ2v) is 7.59. The predicted octanol–water partition coefficient (Wildman–Crippen LogP) is 4.16. The molecule has 0 saturated carbocycles. The molecule has 3 rings (SSSR count). The van der Waals surface area contributed by atoms with Crippen molar-refractivity contribution in [1.82, 2.24) is 3.97 Å². The van der Waals surface area contributed by atoms with E-state index in [4.69, 9.17) is 4.74 Å². The number of rotatable bonds is 4. The molecule has 0 saturated heterocycles. The monoisotopic (exact) mass is 391 g/mol. The van der Waals surface area contributed by atoms with Crippen LogP contribution < -0.4 is 4.74 Å². The Morgan fingerprint density at radius 1 is 0.957 bits per heavy atom. The third-order valence-corrected chi connectivity index (χ3v) is 5.74. The molecule has 0 spiro atoms. The van der Waals surface area contributed by atoms with E-state index >= 15 is 0 Å². The Kier molecular flexibility index (Phi) is 4.28. The average molecular weight is 392 g/mol. The number of nitrogens with zero attached hydrogens (tertiary/aromatic N) is 1. The van der Waals surface area contributed by atoms with Gasteiger partial charge in [0.2, 0.25) is 0 Å². The van der Waals surface area contributed by atoms with Crippen LogP contribution in [0.5, 0.6) is 5.75 Å². The Morgan fingerprint density at radius 3 is 2.22 bits per heavy atom. The third kappa shape index (κ3) is 3.04. The molecule has 0 aliphatic heterocycles. The Morgan fingerprint density at radius 2 is 1.61 bits per heavy atom.